The minimum absolute atomic E-state index is 0.491. The van der Waals surface area contributed by atoms with Crippen molar-refractivity contribution in [1.82, 2.24) is 5.32 Å². The predicted octanol–water partition coefficient (Wildman–Crippen LogP) is 3.26. The summed E-state index contributed by atoms with van der Waals surface area (Å²) in [7, 11) is 0. The molecule has 0 amide bonds. The van der Waals surface area contributed by atoms with Gasteiger partial charge < -0.3 is 14.8 Å². The van der Waals surface area contributed by atoms with Crippen LogP contribution < -0.4 is 5.32 Å². The molecule has 1 unspecified atom stereocenters. The number of fused-ring (bicyclic) bond motifs is 1. The molecule has 1 atom stereocenters. The molecule has 0 spiro atoms. The zero-order valence-electron chi connectivity index (χ0n) is 11.1. The topological polar surface area (TPSA) is 45.4 Å². The highest BCUT2D eigenvalue weighted by Crippen LogP contribution is 2.20. The molecule has 0 saturated carbocycles. The van der Waals surface area contributed by atoms with E-state index in [0.717, 1.165) is 22.1 Å². The number of hydrogen-bond donors (Lipinski definition) is 2. The van der Waals surface area contributed by atoms with E-state index in [1.807, 2.05) is 54.6 Å². The molecule has 3 heteroatoms. The van der Waals surface area contributed by atoms with Gasteiger partial charge in [0.15, 0.2) is 0 Å². The van der Waals surface area contributed by atoms with E-state index in [4.69, 9.17) is 4.42 Å². The summed E-state index contributed by atoms with van der Waals surface area (Å²) in [6, 6.07) is 17.6. The summed E-state index contributed by atoms with van der Waals surface area (Å²) in [5.41, 5.74) is 2.94. The first-order valence-electron chi connectivity index (χ1n) is 6.73. The summed E-state index contributed by atoms with van der Waals surface area (Å²) < 4.78 is 5.49. The highest BCUT2D eigenvalue weighted by atomic mass is 16.3. The second kappa shape index (κ2) is 5.90. The molecule has 3 nitrogen and oxygen atoms in total. The summed E-state index contributed by atoms with van der Waals surface area (Å²) >= 11 is 0. The molecule has 0 radical (unpaired) electrons. The highest BCUT2D eigenvalue weighted by molar-refractivity contribution is 5.80. The maximum absolute atomic E-state index is 10.1. The van der Waals surface area contributed by atoms with Crippen molar-refractivity contribution < 1.29 is 9.52 Å². The van der Waals surface area contributed by atoms with Gasteiger partial charge in [-0.3, -0.25) is 0 Å². The SMILES string of the molecule is OC(CNCc1coc2ccccc12)c1ccccc1. The highest BCUT2D eigenvalue weighted by Gasteiger charge is 2.08. The van der Waals surface area contributed by atoms with E-state index in [1.165, 1.54) is 0 Å². The molecule has 0 aliphatic carbocycles. The number of para-hydroxylation sites is 1. The van der Waals surface area contributed by atoms with Crippen molar-refractivity contribution in [2.75, 3.05) is 6.54 Å². The lowest BCUT2D eigenvalue weighted by Gasteiger charge is -2.11. The number of benzene rings is 2. The monoisotopic (exact) mass is 267 g/mol. The van der Waals surface area contributed by atoms with Crippen LogP contribution in [0.4, 0.5) is 0 Å². The number of rotatable bonds is 5. The smallest absolute Gasteiger partial charge is 0.134 e. The van der Waals surface area contributed by atoms with Gasteiger partial charge in [0.1, 0.15) is 5.58 Å². The van der Waals surface area contributed by atoms with Gasteiger partial charge in [0.2, 0.25) is 0 Å². The van der Waals surface area contributed by atoms with Crippen molar-refractivity contribution in [2.24, 2.45) is 0 Å². The Kier molecular flexibility index (Phi) is 3.81. The Morgan fingerprint density at radius 1 is 1.00 bits per heavy atom. The molecular formula is C17H17NO2. The van der Waals surface area contributed by atoms with Crippen LogP contribution in [0.5, 0.6) is 0 Å². The van der Waals surface area contributed by atoms with Crippen LogP contribution in [0.15, 0.2) is 65.3 Å². The van der Waals surface area contributed by atoms with Crippen LogP contribution in [0.2, 0.25) is 0 Å². The molecule has 3 aromatic rings. The Morgan fingerprint density at radius 2 is 1.75 bits per heavy atom. The maximum atomic E-state index is 10.1. The number of aliphatic hydroxyl groups excluding tert-OH is 1. The number of furan rings is 1. The molecule has 102 valence electrons. The molecule has 1 heterocycles. The second-order valence-electron chi connectivity index (χ2n) is 4.81. The van der Waals surface area contributed by atoms with Gasteiger partial charge in [0.05, 0.1) is 12.4 Å². The largest absolute Gasteiger partial charge is 0.464 e. The normalized spacial score (nSPS) is 12.7. The Morgan fingerprint density at radius 3 is 2.60 bits per heavy atom. The van der Waals surface area contributed by atoms with Crippen molar-refractivity contribution in [3.63, 3.8) is 0 Å². The quantitative estimate of drug-likeness (QED) is 0.746. The molecule has 0 bridgehead atoms. The number of nitrogens with one attached hydrogen (secondary N) is 1. The summed E-state index contributed by atoms with van der Waals surface area (Å²) in [4.78, 5) is 0. The Balaban J connectivity index is 1.60. The van der Waals surface area contributed by atoms with Crippen LogP contribution in [-0.2, 0) is 6.54 Å². The van der Waals surface area contributed by atoms with Crippen molar-refractivity contribution >= 4 is 11.0 Å². The maximum Gasteiger partial charge on any atom is 0.134 e. The molecule has 3 rings (SSSR count). The van der Waals surface area contributed by atoms with Crippen LogP contribution in [0, 0.1) is 0 Å². The molecule has 1 aromatic heterocycles. The van der Waals surface area contributed by atoms with Gasteiger partial charge in [-0.1, -0.05) is 48.5 Å². The van der Waals surface area contributed by atoms with Gasteiger partial charge in [0.25, 0.3) is 0 Å². The van der Waals surface area contributed by atoms with Crippen molar-refractivity contribution in [2.45, 2.75) is 12.6 Å². The molecule has 2 aromatic carbocycles. The molecule has 2 N–H and O–H groups in total. The molecule has 0 aliphatic rings. The minimum Gasteiger partial charge on any atom is -0.464 e. The molecule has 0 fully saturated rings. The van der Waals surface area contributed by atoms with E-state index in [1.54, 1.807) is 6.26 Å². The van der Waals surface area contributed by atoms with E-state index < -0.39 is 6.10 Å². The number of aliphatic hydroxyl groups is 1. The van der Waals surface area contributed by atoms with E-state index in [2.05, 4.69) is 5.32 Å². The fraction of sp³-hybridized carbons (Fsp3) is 0.176. The van der Waals surface area contributed by atoms with E-state index >= 15 is 0 Å². The van der Waals surface area contributed by atoms with Crippen LogP contribution in [0.1, 0.15) is 17.2 Å². The first-order valence-corrected chi connectivity index (χ1v) is 6.73. The third kappa shape index (κ3) is 2.74. The van der Waals surface area contributed by atoms with Crippen molar-refractivity contribution in [3.8, 4) is 0 Å². The molecule has 0 aliphatic heterocycles. The fourth-order valence-corrected chi connectivity index (χ4v) is 2.31. The third-order valence-corrected chi connectivity index (χ3v) is 3.40. The summed E-state index contributed by atoms with van der Waals surface area (Å²) in [6.45, 7) is 1.20. The van der Waals surface area contributed by atoms with E-state index in [0.29, 0.717) is 13.1 Å². The van der Waals surface area contributed by atoms with Gasteiger partial charge in [0, 0.05) is 24.0 Å². The van der Waals surface area contributed by atoms with Crippen LogP contribution in [-0.4, -0.2) is 11.7 Å². The fourth-order valence-electron chi connectivity index (χ4n) is 2.31. The average Bonchev–Trinajstić information content (AvgIpc) is 2.92. The van der Waals surface area contributed by atoms with Crippen LogP contribution >= 0.6 is 0 Å². The van der Waals surface area contributed by atoms with Crippen LogP contribution in [0.3, 0.4) is 0 Å². The van der Waals surface area contributed by atoms with Gasteiger partial charge in [-0.25, -0.2) is 0 Å². The van der Waals surface area contributed by atoms with Gasteiger partial charge in [-0.05, 0) is 11.6 Å². The van der Waals surface area contributed by atoms with Gasteiger partial charge >= 0.3 is 0 Å². The molecule has 20 heavy (non-hydrogen) atoms. The van der Waals surface area contributed by atoms with Gasteiger partial charge in [-0.2, -0.15) is 0 Å². The summed E-state index contributed by atoms with van der Waals surface area (Å²) in [5.74, 6) is 0. The lowest BCUT2D eigenvalue weighted by molar-refractivity contribution is 0.174. The predicted molar refractivity (Wildman–Crippen MR) is 79.3 cm³/mol. The van der Waals surface area contributed by atoms with E-state index in [9.17, 15) is 5.11 Å². The van der Waals surface area contributed by atoms with Crippen LogP contribution in [0.25, 0.3) is 11.0 Å². The minimum atomic E-state index is -0.491. The zero-order chi connectivity index (χ0) is 13.8. The van der Waals surface area contributed by atoms with Crippen molar-refractivity contribution in [3.05, 3.63) is 72.0 Å². The summed E-state index contributed by atoms with van der Waals surface area (Å²) in [6.07, 6.45) is 1.28. The Bertz CT molecular complexity index is 676. The standard InChI is InChI=1S/C17H17NO2/c19-16(13-6-2-1-3-7-13)11-18-10-14-12-20-17-9-5-4-8-15(14)17/h1-9,12,16,18-19H,10-11H2. The Labute approximate surface area is 117 Å². The van der Waals surface area contributed by atoms with Gasteiger partial charge in [-0.15, -0.1) is 0 Å². The number of hydrogen-bond acceptors (Lipinski definition) is 3. The summed E-state index contributed by atoms with van der Waals surface area (Å²) in [5, 5.41) is 14.5. The first-order chi connectivity index (χ1) is 9.84. The lowest BCUT2D eigenvalue weighted by Crippen LogP contribution is -2.20. The van der Waals surface area contributed by atoms with E-state index in [-0.39, 0.29) is 0 Å². The zero-order valence-corrected chi connectivity index (χ0v) is 11.1. The lowest BCUT2D eigenvalue weighted by atomic mass is 10.1. The third-order valence-electron chi connectivity index (χ3n) is 3.40. The Hall–Kier alpha value is -2.10. The van der Waals surface area contributed by atoms with Crippen molar-refractivity contribution in [1.29, 1.82) is 0 Å². The second-order valence-corrected chi connectivity index (χ2v) is 4.81. The molecule has 0 saturated heterocycles. The molecular weight excluding hydrogens is 250 g/mol. The average molecular weight is 267 g/mol. The first kappa shape index (κ1) is 12.9.